The summed E-state index contributed by atoms with van der Waals surface area (Å²) >= 11 is 0. The van der Waals surface area contributed by atoms with Gasteiger partial charge in [0.25, 0.3) is 0 Å². The van der Waals surface area contributed by atoms with E-state index in [0.29, 0.717) is 11.1 Å². The number of halogens is 2. The molecule has 1 amide bonds. The van der Waals surface area contributed by atoms with Gasteiger partial charge in [-0.25, -0.2) is 24.4 Å². The van der Waals surface area contributed by atoms with Gasteiger partial charge in [0, 0.05) is 6.07 Å². The van der Waals surface area contributed by atoms with Crippen LogP contribution in [-0.4, -0.2) is 11.7 Å². The van der Waals surface area contributed by atoms with Crippen LogP contribution in [0.5, 0.6) is 0 Å². The van der Waals surface area contributed by atoms with Gasteiger partial charge >= 0.3 is 6.09 Å². The van der Waals surface area contributed by atoms with Crippen LogP contribution >= 0.6 is 0 Å². The van der Waals surface area contributed by atoms with Gasteiger partial charge in [0.05, 0.1) is 5.69 Å². The Morgan fingerprint density at radius 3 is 2.41 bits per heavy atom. The largest absolute Gasteiger partial charge is 0.442 e. The number of hydrogen-bond acceptors (Lipinski definition) is 3. The molecule has 0 heterocycles. The van der Waals surface area contributed by atoms with Crippen molar-refractivity contribution in [3.05, 3.63) is 29.8 Å². The van der Waals surface area contributed by atoms with Crippen molar-refractivity contribution < 1.29 is 18.3 Å². The molecule has 0 aliphatic heterocycles. The number of ether oxygens (including phenoxy) is 1. The van der Waals surface area contributed by atoms with Crippen molar-refractivity contribution in [1.29, 1.82) is 0 Å². The topological polar surface area (TPSA) is 55.6 Å². The average molecular weight is 244 g/mol. The first kappa shape index (κ1) is 13.4. The first-order valence-electron chi connectivity index (χ1n) is 4.93. The second-order valence-electron chi connectivity index (χ2n) is 4.45. The second kappa shape index (κ2) is 4.67. The minimum absolute atomic E-state index is 0.249. The van der Waals surface area contributed by atoms with Crippen molar-refractivity contribution >= 4 is 11.8 Å². The Morgan fingerprint density at radius 2 is 1.94 bits per heavy atom. The lowest BCUT2D eigenvalue weighted by molar-refractivity contribution is 0.0578. The maximum atomic E-state index is 13.3. The number of nitrogens with zero attached hydrogens (tertiary/aromatic N) is 1. The van der Waals surface area contributed by atoms with Crippen LogP contribution in [0.25, 0.3) is 0 Å². The first-order chi connectivity index (χ1) is 7.70. The molecular formula is C11H14F2N2O2. The maximum Gasteiger partial charge on any atom is 0.429 e. The molecule has 1 rings (SSSR count). The molecule has 0 saturated carbocycles. The Bertz CT molecular complexity index is 430. The van der Waals surface area contributed by atoms with Gasteiger partial charge in [-0.3, -0.25) is 0 Å². The Balaban J connectivity index is 2.89. The van der Waals surface area contributed by atoms with E-state index in [4.69, 9.17) is 10.6 Å². The van der Waals surface area contributed by atoms with Gasteiger partial charge in [-0.15, -0.1) is 0 Å². The van der Waals surface area contributed by atoms with E-state index in [0.717, 1.165) is 12.1 Å². The molecular weight excluding hydrogens is 230 g/mol. The van der Waals surface area contributed by atoms with Crippen LogP contribution in [0.2, 0.25) is 0 Å². The van der Waals surface area contributed by atoms with Crippen molar-refractivity contribution in [2.45, 2.75) is 26.4 Å². The summed E-state index contributed by atoms with van der Waals surface area (Å²) in [5, 5.41) is 0.500. The molecule has 94 valence electrons. The second-order valence-corrected chi connectivity index (χ2v) is 4.45. The lowest BCUT2D eigenvalue weighted by Crippen LogP contribution is -2.42. The van der Waals surface area contributed by atoms with Crippen LogP contribution in [0, 0.1) is 11.6 Å². The summed E-state index contributed by atoms with van der Waals surface area (Å²) in [4.78, 5) is 11.5. The molecule has 6 heteroatoms. The highest BCUT2D eigenvalue weighted by Gasteiger charge is 2.23. The molecule has 0 saturated heterocycles. The highest BCUT2D eigenvalue weighted by Crippen LogP contribution is 2.19. The molecule has 17 heavy (non-hydrogen) atoms. The Hall–Kier alpha value is -1.69. The lowest BCUT2D eigenvalue weighted by atomic mass is 10.2. The predicted octanol–water partition coefficient (Wildman–Crippen LogP) is 2.58. The number of anilines is 1. The van der Waals surface area contributed by atoms with Gasteiger partial charge in [-0.1, -0.05) is 0 Å². The SMILES string of the molecule is CC(C)(C)OC(=O)N(N)c1ccc(F)cc1F. The van der Waals surface area contributed by atoms with E-state index in [1.54, 1.807) is 20.8 Å². The molecule has 2 N–H and O–H groups in total. The van der Waals surface area contributed by atoms with Crippen LogP contribution in [0.4, 0.5) is 19.3 Å². The monoisotopic (exact) mass is 244 g/mol. The molecule has 0 bridgehead atoms. The van der Waals surface area contributed by atoms with Gasteiger partial charge in [0.1, 0.15) is 11.4 Å². The van der Waals surface area contributed by atoms with E-state index < -0.39 is 23.3 Å². The van der Waals surface area contributed by atoms with Crippen molar-refractivity contribution in [2.75, 3.05) is 5.01 Å². The number of carbonyl (C=O) groups excluding carboxylic acids is 1. The quantitative estimate of drug-likeness (QED) is 0.469. The fourth-order valence-corrected chi connectivity index (χ4v) is 1.09. The van der Waals surface area contributed by atoms with E-state index in [1.165, 1.54) is 0 Å². The van der Waals surface area contributed by atoms with Crippen molar-refractivity contribution in [3.63, 3.8) is 0 Å². The van der Waals surface area contributed by atoms with Gasteiger partial charge in [0.15, 0.2) is 5.82 Å². The number of rotatable bonds is 1. The third kappa shape index (κ3) is 3.67. The van der Waals surface area contributed by atoms with Crippen LogP contribution in [0.15, 0.2) is 18.2 Å². The zero-order valence-electron chi connectivity index (χ0n) is 9.83. The predicted molar refractivity (Wildman–Crippen MR) is 59.3 cm³/mol. The molecule has 0 radical (unpaired) electrons. The van der Waals surface area contributed by atoms with Crippen LogP contribution in [0.3, 0.4) is 0 Å². The zero-order chi connectivity index (χ0) is 13.2. The van der Waals surface area contributed by atoms with Gasteiger partial charge < -0.3 is 4.74 Å². The summed E-state index contributed by atoms with van der Waals surface area (Å²) in [5.74, 6) is 3.71. The summed E-state index contributed by atoms with van der Waals surface area (Å²) in [7, 11) is 0. The molecule has 0 aliphatic carbocycles. The fraction of sp³-hybridized carbons (Fsp3) is 0.364. The third-order valence-electron chi connectivity index (χ3n) is 1.76. The molecule has 0 fully saturated rings. The average Bonchev–Trinajstić information content (AvgIpc) is 2.14. The highest BCUT2D eigenvalue weighted by atomic mass is 19.1. The fourth-order valence-electron chi connectivity index (χ4n) is 1.09. The van der Waals surface area contributed by atoms with Crippen LogP contribution < -0.4 is 10.9 Å². The number of carbonyl (C=O) groups is 1. The number of benzene rings is 1. The van der Waals surface area contributed by atoms with E-state index in [-0.39, 0.29) is 5.69 Å². The summed E-state index contributed by atoms with van der Waals surface area (Å²) < 4.78 is 30.9. The standard InChI is InChI=1S/C11H14F2N2O2/c1-11(2,3)17-10(16)15(14)9-5-4-7(12)6-8(9)13/h4-6H,14H2,1-3H3. The molecule has 4 nitrogen and oxygen atoms in total. The molecule has 0 atom stereocenters. The summed E-state index contributed by atoms with van der Waals surface area (Å²) in [6.45, 7) is 4.96. The van der Waals surface area contributed by atoms with Gasteiger partial charge in [0.2, 0.25) is 0 Å². The minimum Gasteiger partial charge on any atom is -0.442 e. The van der Waals surface area contributed by atoms with E-state index in [1.807, 2.05) is 0 Å². The molecule has 0 unspecified atom stereocenters. The Morgan fingerprint density at radius 1 is 1.35 bits per heavy atom. The maximum absolute atomic E-state index is 13.3. The van der Waals surface area contributed by atoms with Gasteiger partial charge in [-0.05, 0) is 32.9 Å². The normalized spacial score (nSPS) is 11.2. The van der Waals surface area contributed by atoms with E-state index in [9.17, 15) is 13.6 Å². The molecule has 1 aromatic rings. The number of hydrogen-bond donors (Lipinski definition) is 1. The molecule has 1 aromatic carbocycles. The summed E-state index contributed by atoms with van der Waals surface area (Å²) in [5.41, 5.74) is -0.994. The van der Waals surface area contributed by atoms with Crippen LogP contribution in [-0.2, 0) is 4.74 Å². The number of hydrazine groups is 1. The molecule has 0 aromatic heterocycles. The zero-order valence-corrected chi connectivity index (χ0v) is 9.83. The van der Waals surface area contributed by atoms with Crippen LogP contribution in [0.1, 0.15) is 20.8 Å². The van der Waals surface area contributed by atoms with E-state index in [2.05, 4.69) is 0 Å². The Labute approximate surface area is 97.9 Å². The first-order valence-corrected chi connectivity index (χ1v) is 4.93. The van der Waals surface area contributed by atoms with Gasteiger partial charge in [-0.2, -0.15) is 0 Å². The lowest BCUT2D eigenvalue weighted by Gasteiger charge is -2.24. The molecule has 0 spiro atoms. The van der Waals surface area contributed by atoms with Crippen molar-refractivity contribution in [2.24, 2.45) is 5.84 Å². The third-order valence-corrected chi connectivity index (χ3v) is 1.76. The molecule has 0 aliphatic rings. The smallest absolute Gasteiger partial charge is 0.429 e. The number of nitrogens with two attached hydrogens (primary N) is 1. The van der Waals surface area contributed by atoms with Crippen molar-refractivity contribution in [1.82, 2.24) is 0 Å². The van der Waals surface area contributed by atoms with Crippen molar-refractivity contribution in [3.8, 4) is 0 Å². The summed E-state index contributed by atoms with van der Waals surface area (Å²) in [6, 6.07) is 2.71. The minimum atomic E-state index is -0.932. The number of amides is 1. The Kier molecular flexibility index (Phi) is 3.67. The van der Waals surface area contributed by atoms with E-state index >= 15 is 0 Å². The highest BCUT2D eigenvalue weighted by molar-refractivity contribution is 5.86. The summed E-state index contributed by atoms with van der Waals surface area (Å²) in [6.07, 6.45) is -0.914.